The summed E-state index contributed by atoms with van der Waals surface area (Å²) in [6.07, 6.45) is 7.20. The van der Waals surface area contributed by atoms with Crippen LogP contribution in [0.1, 0.15) is 52.4 Å². The van der Waals surface area contributed by atoms with E-state index in [2.05, 4.69) is 0 Å². The van der Waals surface area contributed by atoms with Gasteiger partial charge in [-0.05, 0) is 31.6 Å². The number of carboxylic acids is 1. The highest BCUT2D eigenvalue weighted by Gasteiger charge is 2.39. The van der Waals surface area contributed by atoms with Crippen molar-refractivity contribution in [3.8, 4) is 0 Å². The highest BCUT2D eigenvalue weighted by atomic mass is 16.4. The molecule has 1 aliphatic carbocycles. The van der Waals surface area contributed by atoms with Crippen molar-refractivity contribution in [1.29, 1.82) is 0 Å². The summed E-state index contributed by atoms with van der Waals surface area (Å²) in [5.41, 5.74) is 0. The lowest BCUT2D eigenvalue weighted by molar-refractivity contribution is -0.149. The number of likely N-dealkylation sites (tertiary alicyclic amines) is 1. The molecule has 1 N–H and O–H groups in total. The van der Waals surface area contributed by atoms with Crippen LogP contribution >= 0.6 is 0 Å². The van der Waals surface area contributed by atoms with E-state index in [9.17, 15) is 9.59 Å². The number of carboxylic acid groups (broad SMARTS) is 1. The Morgan fingerprint density at radius 3 is 2.26 bits per heavy atom. The molecule has 108 valence electrons. The molecule has 1 saturated carbocycles. The van der Waals surface area contributed by atoms with Gasteiger partial charge in [0.05, 0.1) is 5.92 Å². The van der Waals surface area contributed by atoms with Gasteiger partial charge in [0, 0.05) is 18.5 Å². The van der Waals surface area contributed by atoms with Crippen molar-refractivity contribution in [2.45, 2.75) is 58.4 Å². The van der Waals surface area contributed by atoms with Gasteiger partial charge in [0.1, 0.15) is 0 Å². The van der Waals surface area contributed by atoms with E-state index in [1.165, 1.54) is 25.7 Å². The fourth-order valence-corrected chi connectivity index (χ4v) is 3.59. The average Bonchev–Trinajstić information content (AvgIpc) is 3.05. The van der Waals surface area contributed by atoms with E-state index in [-0.39, 0.29) is 5.91 Å². The zero-order valence-corrected chi connectivity index (χ0v) is 12.0. The minimum absolute atomic E-state index is 0.0456. The first kappa shape index (κ1) is 14.4. The molecule has 4 nitrogen and oxygen atoms in total. The van der Waals surface area contributed by atoms with Gasteiger partial charge in [-0.15, -0.1) is 0 Å². The van der Waals surface area contributed by atoms with Crippen LogP contribution in [0.15, 0.2) is 0 Å². The van der Waals surface area contributed by atoms with Gasteiger partial charge < -0.3 is 10.0 Å². The highest BCUT2D eigenvalue weighted by molar-refractivity contribution is 5.84. The molecule has 0 aromatic carbocycles. The number of carbonyl (C=O) groups is 2. The Balaban J connectivity index is 2.02. The Labute approximate surface area is 115 Å². The minimum atomic E-state index is -0.877. The topological polar surface area (TPSA) is 57.6 Å². The molecule has 3 unspecified atom stereocenters. The smallest absolute Gasteiger partial charge is 0.307 e. The zero-order chi connectivity index (χ0) is 14.0. The standard InChI is InChI=1S/C15H25NO3/c1-10(11(2)15(18)19)14(17)16-9-5-8-13(16)12-6-3-4-7-12/h10-13H,3-9H2,1-2H3,(H,18,19). The molecule has 1 heterocycles. The third-order valence-corrected chi connectivity index (χ3v) is 5.06. The Morgan fingerprint density at radius 2 is 1.68 bits per heavy atom. The van der Waals surface area contributed by atoms with Gasteiger partial charge in [-0.1, -0.05) is 26.7 Å². The quantitative estimate of drug-likeness (QED) is 0.851. The summed E-state index contributed by atoms with van der Waals surface area (Å²) in [5, 5.41) is 9.05. The number of nitrogens with zero attached hydrogens (tertiary/aromatic N) is 1. The lowest BCUT2D eigenvalue weighted by Gasteiger charge is -2.32. The third kappa shape index (κ3) is 2.93. The van der Waals surface area contributed by atoms with Crippen LogP contribution in [0.2, 0.25) is 0 Å². The molecule has 0 bridgehead atoms. The maximum Gasteiger partial charge on any atom is 0.307 e. The van der Waals surface area contributed by atoms with Gasteiger partial charge in [0.15, 0.2) is 0 Å². The Morgan fingerprint density at radius 1 is 1.05 bits per heavy atom. The van der Waals surface area contributed by atoms with Crippen LogP contribution in [0.3, 0.4) is 0 Å². The molecule has 2 rings (SSSR count). The van der Waals surface area contributed by atoms with Crippen molar-refractivity contribution in [2.24, 2.45) is 17.8 Å². The molecule has 1 saturated heterocycles. The predicted octanol–water partition coefficient (Wildman–Crippen LogP) is 2.52. The van der Waals surface area contributed by atoms with E-state index in [1.807, 2.05) is 4.90 Å². The number of rotatable bonds is 4. The van der Waals surface area contributed by atoms with Gasteiger partial charge >= 0.3 is 5.97 Å². The van der Waals surface area contributed by atoms with E-state index in [0.29, 0.717) is 12.0 Å². The molecule has 4 heteroatoms. The van der Waals surface area contributed by atoms with E-state index in [4.69, 9.17) is 5.11 Å². The van der Waals surface area contributed by atoms with Gasteiger partial charge in [0.25, 0.3) is 0 Å². The molecule has 0 spiro atoms. The number of hydrogen-bond acceptors (Lipinski definition) is 2. The summed E-state index contributed by atoms with van der Waals surface area (Å²) in [4.78, 5) is 25.5. The van der Waals surface area contributed by atoms with E-state index >= 15 is 0 Å². The zero-order valence-electron chi connectivity index (χ0n) is 12.0. The van der Waals surface area contributed by atoms with Gasteiger partial charge in [-0.2, -0.15) is 0 Å². The fourth-order valence-electron chi connectivity index (χ4n) is 3.59. The molecule has 1 amide bonds. The van der Waals surface area contributed by atoms with Crippen molar-refractivity contribution in [3.63, 3.8) is 0 Å². The summed E-state index contributed by atoms with van der Waals surface area (Å²) in [5.74, 6) is -1.20. The monoisotopic (exact) mass is 267 g/mol. The fraction of sp³-hybridized carbons (Fsp3) is 0.867. The summed E-state index contributed by atoms with van der Waals surface area (Å²) in [6.45, 7) is 4.20. The number of amides is 1. The second-order valence-corrected chi connectivity index (χ2v) is 6.20. The molecule has 0 aromatic heterocycles. The first-order chi connectivity index (χ1) is 9.02. The van der Waals surface area contributed by atoms with Crippen molar-refractivity contribution >= 4 is 11.9 Å². The molecular weight excluding hydrogens is 242 g/mol. The Kier molecular flexibility index (Phi) is 4.48. The number of hydrogen-bond donors (Lipinski definition) is 1. The lowest BCUT2D eigenvalue weighted by Crippen LogP contribution is -2.44. The van der Waals surface area contributed by atoms with Crippen LogP contribution in [0.4, 0.5) is 0 Å². The second kappa shape index (κ2) is 5.93. The van der Waals surface area contributed by atoms with Crippen molar-refractivity contribution in [3.05, 3.63) is 0 Å². The summed E-state index contributed by atoms with van der Waals surface area (Å²) < 4.78 is 0. The van der Waals surface area contributed by atoms with Crippen molar-refractivity contribution in [2.75, 3.05) is 6.54 Å². The molecule has 2 aliphatic rings. The summed E-state index contributed by atoms with van der Waals surface area (Å²) in [6, 6.07) is 0.374. The molecule has 0 aromatic rings. The molecule has 1 aliphatic heterocycles. The normalized spacial score (nSPS) is 27.5. The first-order valence-electron chi connectivity index (χ1n) is 7.55. The van der Waals surface area contributed by atoms with Crippen LogP contribution in [-0.4, -0.2) is 34.5 Å². The van der Waals surface area contributed by atoms with Gasteiger partial charge in [-0.3, -0.25) is 9.59 Å². The van der Waals surface area contributed by atoms with E-state index < -0.39 is 17.8 Å². The van der Waals surface area contributed by atoms with E-state index in [1.54, 1.807) is 13.8 Å². The largest absolute Gasteiger partial charge is 0.481 e. The molecule has 2 fully saturated rings. The van der Waals surface area contributed by atoms with Crippen LogP contribution in [-0.2, 0) is 9.59 Å². The molecular formula is C15H25NO3. The molecule has 0 radical (unpaired) electrons. The second-order valence-electron chi connectivity index (χ2n) is 6.20. The van der Waals surface area contributed by atoms with Gasteiger partial charge in [0.2, 0.25) is 5.91 Å². The lowest BCUT2D eigenvalue weighted by atomic mass is 9.92. The van der Waals surface area contributed by atoms with Crippen LogP contribution in [0.5, 0.6) is 0 Å². The highest BCUT2D eigenvalue weighted by Crippen LogP contribution is 2.36. The first-order valence-corrected chi connectivity index (χ1v) is 7.55. The van der Waals surface area contributed by atoms with Crippen LogP contribution in [0, 0.1) is 17.8 Å². The Hall–Kier alpha value is -1.06. The summed E-state index contributed by atoms with van der Waals surface area (Å²) >= 11 is 0. The van der Waals surface area contributed by atoms with Crippen LogP contribution < -0.4 is 0 Å². The SMILES string of the molecule is CC(C(=O)O)C(C)C(=O)N1CCCC1C1CCCC1. The Bertz CT molecular complexity index is 349. The van der Waals surface area contributed by atoms with Crippen molar-refractivity contribution < 1.29 is 14.7 Å². The minimum Gasteiger partial charge on any atom is -0.481 e. The number of carbonyl (C=O) groups excluding carboxylic acids is 1. The molecule has 3 atom stereocenters. The average molecular weight is 267 g/mol. The van der Waals surface area contributed by atoms with Gasteiger partial charge in [-0.25, -0.2) is 0 Å². The maximum atomic E-state index is 12.5. The third-order valence-electron chi connectivity index (χ3n) is 5.06. The van der Waals surface area contributed by atoms with Crippen molar-refractivity contribution in [1.82, 2.24) is 4.90 Å². The molecule has 19 heavy (non-hydrogen) atoms. The maximum absolute atomic E-state index is 12.5. The number of aliphatic carboxylic acids is 1. The summed E-state index contributed by atoms with van der Waals surface area (Å²) in [7, 11) is 0. The van der Waals surface area contributed by atoms with E-state index in [0.717, 1.165) is 19.4 Å². The predicted molar refractivity (Wildman–Crippen MR) is 72.7 cm³/mol. The van der Waals surface area contributed by atoms with Crippen LogP contribution in [0.25, 0.3) is 0 Å².